The first-order valence-corrected chi connectivity index (χ1v) is 9.31. The summed E-state index contributed by atoms with van der Waals surface area (Å²) in [5, 5.41) is 9.17. The lowest BCUT2D eigenvalue weighted by Crippen LogP contribution is -2.12. The Morgan fingerprint density at radius 2 is 1.32 bits per heavy atom. The van der Waals surface area contributed by atoms with Gasteiger partial charge in [0.2, 0.25) is 0 Å². The van der Waals surface area contributed by atoms with Gasteiger partial charge in [0.15, 0.2) is 11.5 Å². The molecule has 0 aliphatic heterocycles. The first kappa shape index (κ1) is 19.5. The Morgan fingerprint density at radius 3 is 1.86 bits per heavy atom. The molecule has 3 aromatic carbocycles. The maximum absolute atomic E-state index is 11.2. The average molecular weight is 376 g/mol. The fraction of sp³-hybridized carbons (Fsp3) is 0.208. The number of carbonyl (C=O) groups is 1. The lowest BCUT2D eigenvalue weighted by Gasteiger charge is -2.15. The molecule has 0 aromatic heterocycles. The fourth-order valence-corrected chi connectivity index (χ4v) is 2.82. The third kappa shape index (κ3) is 5.61. The summed E-state index contributed by atoms with van der Waals surface area (Å²) in [5.74, 6) is -0.00407. The van der Waals surface area contributed by atoms with Crippen molar-refractivity contribution in [2.24, 2.45) is 5.92 Å². The third-order valence-electron chi connectivity index (χ3n) is 4.45. The zero-order valence-corrected chi connectivity index (χ0v) is 15.9. The van der Waals surface area contributed by atoms with Gasteiger partial charge in [0, 0.05) is 0 Å². The van der Waals surface area contributed by atoms with E-state index in [2.05, 4.69) is 0 Å². The average Bonchev–Trinajstić information content (AvgIpc) is 2.73. The maximum atomic E-state index is 11.2. The van der Waals surface area contributed by atoms with E-state index in [1.165, 1.54) is 0 Å². The summed E-state index contributed by atoms with van der Waals surface area (Å²) in [7, 11) is 0. The van der Waals surface area contributed by atoms with Crippen molar-refractivity contribution in [1.82, 2.24) is 0 Å². The number of ether oxygens (including phenoxy) is 2. The highest BCUT2D eigenvalue weighted by Gasteiger charge is 2.14. The van der Waals surface area contributed by atoms with Crippen molar-refractivity contribution < 1.29 is 19.4 Å². The largest absolute Gasteiger partial charge is 0.485 e. The van der Waals surface area contributed by atoms with Gasteiger partial charge < -0.3 is 14.6 Å². The van der Waals surface area contributed by atoms with Crippen LogP contribution in [0.4, 0.5) is 0 Å². The van der Waals surface area contributed by atoms with Crippen molar-refractivity contribution in [3.8, 4) is 11.5 Å². The molecule has 0 aliphatic rings. The van der Waals surface area contributed by atoms with E-state index in [1.807, 2.05) is 78.9 Å². The maximum Gasteiger partial charge on any atom is 0.306 e. The van der Waals surface area contributed by atoms with Gasteiger partial charge >= 0.3 is 5.97 Å². The first-order chi connectivity index (χ1) is 13.6. The van der Waals surface area contributed by atoms with Crippen LogP contribution in [0.5, 0.6) is 11.5 Å². The van der Waals surface area contributed by atoms with Crippen LogP contribution < -0.4 is 9.47 Å². The van der Waals surface area contributed by atoms with Crippen molar-refractivity contribution in [3.05, 3.63) is 95.6 Å². The molecule has 3 rings (SSSR count). The zero-order valence-electron chi connectivity index (χ0n) is 15.9. The highest BCUT2D eigenvalue weighted by Crippen LogP contribution is 2.31. The normalized spacial score (nSPS) is 11.6. The Bertz CT molecular complexity index is 891. The Hall–Kier alpha value is -3.27. The molecule has 0 spiro atoms. The summed E-state index contributed by atoms with van der Waals surface area (Å²) in [6.07, 6.45) is 0.440. The Morgan fingerprint density at radius 1 is 0.786 bits per heavy atom. The molecular weight excluding hydrogens is 352 g/mol. The minimum atomic E-state index is -0.809. The Balaban J connectivity index is 1.76. The predicted octanol–water partition coefficient (Wildman–Crippen LogP) is 5.11. The van der Waals surface area contributed by atoms with Crippen molar-refractivity contribution in [2.75, 3.05) is 0 Å². The highest BCUT2D eigenvalue weighted by molar-refractivity contribution is 5.70. The summed E-state index contributed by atoms with van der Waals surface area (Å²) in [4.78, 5) is 11.2. The van der Waals surface area contributed by atoms with Crippen LogP contribution in [0.3, 0.4) is 0 Å². The van der Waals surface area contributed by atoms with Gasteiger partial charge in [-0.15, -0.1) is 0 Å². The molecule has 1 unspecified atom stereocenters. The van der Waals surface area contributed by atoms with Crippen LogP contribution in [0.25, 0.3) is 0 Å². The topological polar surface area (TPSA) is 55.8 Å². The number of aliphatic carboxylic acids is 1. The van der Waals surface area contributed by atoms with Crippen LogP contribution in [0.1, 0.15) is 23.6 Å². The van der Waals surface area contributed by atoms with Gasteiger partial charge in [-0.05, 0) is 35.2 Å². The summed E-state index contributed by atoms with van der Waals surface area (Å²) in [6.45, 7) is 2.56. The minimum absolute atomic E-state index is 0.417. The molecule has 28 heavy (non-hydrogen) atoms. The van der Waals surface area contributed by atoms with E-state index in [4.69, 9.17) is 9.47 Å². The molecule has 144 valence electrons. The third-order valence-corrected chi connectivity index (χ3v) is 4.45. The molecule has 0 saturated heterocycles. The Labute approximate surface area is 165 Å². The van der Waals surface area contributed by atoms with Gasteiger partial charge in [-0.3, -0.25) is 4.79 Å². The SMILES string of the molecule is CC(Cc1ccc(OCc2ccccc2)c(OCc2ccccc2)c1)C(=O)O. The van der Waals surface area contributed by atoms with Crippen LogP contribution in [0.15, 0.2) is 78.9 Å². The fourth-order valence-electron chi connectivity index (χ4n) is 2.82. The van der Waals surface area contributed by atoms with Crippen LogP contribution in [-0.4, -0.2) is 11.1 Å². The standard InChI is InChI=1S/C24H24O4/c1-18(24(25)26)14-21-12-13-22(27-16-19-8-4-2-5-9-19)23(15-21)28-17-20-10-6-3-7-11-20/h2-13,15,18H,14,16-17H2,1H3,(H,25,26). The van der Waals surface area contributed by atoms with Gasteiger partial charge in [0.1, 0.15) is 13.2 Å². The zero-order chi connectivity index (χ0) is 19.8. The molecular formula is C24H24O4. The first-order valence-electron chi connectivity index (χ1n) is 9.31. The number of benzene rings is 3. The molecule has 0 bridgehead atoms. The molecule has 4 heteroatoms. The second-order valence-corrected chi connectivity index (χ2v) is 6.77. The van der Waals surface area contributed by atoms with E-state index >= 15 is 0 Å². The molecule has 0 saturated carbocycles. The molecule has 0 fully saturated rings. The van der Waals surface area contributed by atoms with Crippen LogP contribution in [0, 0.1) is 5.92 Å². The summed E-state index contributed by atoms with van der Waals surface area (Å²) < 4.78 is 12.0. The molecule has 0 aliphatic carbocycles. The molecule has 1 N–H and O–H groups in total. The number of hydrogen-bond donors (Lipinski definition) is 1. The van der Waals surface area contributed by atoms with Gasteiger partial charge in [-0.25, -0.2) is 0 Å². The summed E-state index contributed by atoms with van der Waals surface area (Å²) in [5.41, 5.74) is 3.03. The molecule has 0 amide bonds. The molecule has 3 aromatic rings. The van der Waals surface area contributed by atoms with Crippen molar-refractivity contribution in [2.45, 2.75) is 26.6 Å². The van der Waals surface area contributed by atoms with Crippen molar-refractivity contribution in [3.63, 3.8) is 0 Å². The van der Waals surface area contributed by atoms with Gasteiger partial charge in [-0.2, -0.15) is 0 Å². The van der Waals surface area contributed by atoms with Crippen molar-refractivity contribution in [1.29, 1.82) is 0 Å². The lowest BCUT2D eigenvalue weighted by molar-refractivity contribution is -0.141. The monoisotopic (exact) mass is 376 g/mol. The predicted molar refractivity (Wildman–Crippen MR) is 108 cm³/mol. The number of carboxylic acids is 1. The molecule has 0 radical (unpaired) electrons. The molecule has 0 heterocycles. The van der Waals surface area contributed by atoms with Gasteiger partial charge in [0.05, 0.1) is 5.92 Å². The summed E-state index contributed by atoms with van der Waals surface area (Å²) in [6, 6.07) is 25.5. The number of hydrogen-bond acceptors (Lipinski definition) is 3. The van der Waals surface area contributed by atoms with Gasteiger partial charge in [-0.1, -0.05) is 73.7 Å². The van der Waals surface area contributed by atoms with E-state index in [9.17, 15) is 9.90 Å². The van der Waals surface area contributed by atoms with E-state index in [0.29, 0.717) is 31.1 Å². The molecule has 4 nitrogen and oxygen atoms in total. The highest BCUT2D eigenvalue weighted by atomic mass is 16.5. The van der Waals surface area contributed by atoms with E-state index in [-0.39, 0.29) is 0 Å². The summed E-state index contributed by atoms with van der Waals surface area (Å²) >= 11 is 0. The number of carboxylic acid groups (broad SMARTS) is 1. The lowest BCUT2D eigenvalue weighted by atomic mass is 10.0. The Kier molecular flexibility index (Phi) is 6.68. The van der Waals surface area contributed by atoms with Crippen LogP contribution >= 0.6 is 0 Å². The van der Waals surface area contributed by atoms with E-state index in [1.54, 1.807) is 6.92 Å². The van der Waals surface area contributed by atoms with Crippen molar-refractivity contribution >= 4 is 5.97 Å². The van der Waals surface area contributed by atoms with E-state index < -0.39 is 11.9 Å². The quantitative estimate of drug-likeness (QED) is 0.564. The van der Waals surface area contributed by atoms with E-state index in [0.717, 1.165) is 16.7 Å². The second-order valence-electron chi connectivity index (χ2n) is 6.77. The molecule has 1 atom stereocenters. The second kappa shape index (κ2) is 9.60. The number of rotatable bonds is 9. The smallest absolute Gasteiger partial charge is 0.306 e. The van der Waals surface area contributed by atoms with Crippen LogP contribution in [-0.2, 0) is 24.4 Å². The van der Waals surface area contributed by atoms with Gasteiger partial charge in [0.25, 0.3) is 0 Å². The van der Waals surface area contributed by atoms with Crippen LogP contribution in [0.2, 0.25) is 0 Å². The minimum Gasteiger partial charge on any atom is -0.485 e.